The van der Waals surface area contributed by atoms with Gasteiger partial charge in [-0.2, -0.15) is 0 Å². The van der Waals surface area contributed by atoms with Crippen molar-refractivity contribution in [2.75, 3.05) is 38.6 Å². The van der Waals surface area contributed by atoms with Crippen molar-refractivity contribution in [3.63, 3.8) is 0 Å². The van der Waals surface area contributed by atoms with Gasteiger partial charge in [-0.1, -0.05) is 18.2 Å². The highest BCUT2D eigenvalue weighted by molar-refractivity contribution is 5.47. The number of anilines is 1. The molecule has 0 aromatic heterocycles. The van der Waals surface area contributed by atoms with Crippen molar-refractivity contribution in [1.29, 1.82) is 0 Å². The van der Waals surface area contributed by atoms with Gasteiger partial charge in [0.05, 0.1) is 0 Å². The molecule has 1 fully saturated rings. The van der Waals surface area contributed by atoms with Crippen LogP contribution in [0.3, 0.4) is 0 Å². The topological polar surface area (TPSA) is 18.5 Å². The van der Waals surface area contributed by atoms with Crippen LogP contribution in [0.1, 0.15) is 6.92 Å². The fourth-order valence-electron chi connectivity index (χ4n) is 2.47. The average molecular weight is 233 g/mol. The fraction of sp³-hybridized carbons (Fsp3) is 0.571. The number of piperazine rings is 1. The van der Waals surface area contributed by atoms with Crippen LogP contribution in [0, 0.1) is 0 Å². The quantitative estimate of drug-likeness (QED) is 0.852. The van der Waals surface area contributed by atoms with E-state index in [-0.39, 0.29) is 0 Å². The minimum absolute atomic E-state index is 0.557. The van der Waals surface area contributed by atoms with Gasteiger partial charge >= 0.3 is 0 Å². The first-order valence-electron chi connectivity index (χ1n) is 6.36. The van der Waals surface area contributed by atoms with Gasteiger partial charge in [0.1, 0.15) is 0 Å². The summed E-state index contributed by atoms with van der Waals surface area (Å²) in [5, 5.41) is 3.62. The molecule has 1 aliphatic heterocycles. The standard InChI is InChI=1S/C14H23N3/c1-12-9-15-13(10-16(2)3)11-17(12)14-7-5-4-6-8-14/h4-8,12-13,15H,9-11H2,1-3H3. The molecule has 0 saturated carbocycles. The molecule has 1 aromatic rings. The molecule has 1 aromatic carbocycles. The van der Waals surface area contributed by atoms with Gasteiger partial charge in [-0.05, 0) is 33.2 Å². The van der Waals surface area contributed by atoms with E-state index in [0.29, 0.717) is 12.1 Å². The molecule has 2 rings (SSSR count). The van der Waals surface area contributed by atoms with Gasteiger partial charge in [-0.15, -0.1) is 0 Å². The Kier molecular flexibility index (Phi) is 4.02. The third-order valence-electron chi connectivity index (χ3n) is 3.32. The lowest BCUT2D eigenvalue weighted by molar-refractivity contribution is 0.307. The molecule has 1 heterocycles. The van der Waals surface area contributed by atoms with E-state index in [1.54, 1.807) is 0 Å². The van der Waals surface area contributed by atoms with Gasteiger partial charge in [0.2, 0.25) is 0 Å². The molecule has 1 saturated heterocycles. The Bertz CT molecular complexity index is 337. The number of nitrogens with one attached hydrogen (secondary N) is 1. The van der Waals surface area contributed by atoms with Gasteiger partial charge in [0, 0.05) is 37.4 Å². The van der Waals surface area contributed by atoms with E-state index in [9.17, 15) is 0 Å². The van der Waals surface area contributed by atoms with E-state index in [0.717, 1.165) is 19.6 Å². The van der Waals surface area contributed by atoms with Crippen LogP contribution in [0.4, 0.5) is 5.69 Å². The average Bonchev–Trinajstić information content (AvgIpc) is 2.32. The molecule has 0 radical (unpaired) electrons. The summed E-state index contributed by atoms with van der Waals surface area (Å²) in [6.45, 7) is 5.53. The SMILES string of the molecule is CC1CNC(CN(C)C)CN1c1ccccc1. The lowest BCUT2D eigenvalue weighted by atomic mass is 10.1. The van der Waals surface area contributed by atoms with Crippen molar-refractivity contribution in [2.45, 2.75) is 19.0 Å². The molecule has 94 valence electrons. The fourth-order valence-corrected chi connectivity index (χ4v) is 2.47. The normalized spacial score (nSPS) is 25.3. The number of rotatable bonds is 3. The summed E-state index contributed by atoms with van der Waals surface area (Å²) < 4.78 is 0. The molecular formula is C14H23N3. The predicted molar refractivity (Wildman–Crippen MR) is 73.6 cm³/mol. The zero-order valence-corrected chi connectivity index (χ0v) is 11.1. The predicted octanol–water partition coefficient (Wildman–Crippen LogP) is 1.41. The lowest BCUT2D eigenvalue weighted by Gasteiger charge is -2.41. The monoisotopic (exact) mass is 233 g/mol. The lowest BCUT2D eigenvalue weighted by Crippen LogP contribution is -2.58. The first-order valence-corrected chi connectivity index (χ1v) is 6.36. The van der Waals surface area contributed by atoms with Crippen molar-refractivity contribution >= 4 is 5.69 Å². The third kappa shape index (κ3) is 3.20. The first-order chi connectivity index (χ1) is 8.16. The number of para-hydroxylation sites is 1. The van der Waals surface area contributed by atoms with E-state index in [2.05, 4.69) is 66.5 Å². The Labute approximate surface area is 104 Å². The summed E-state index contributed by atoms with van der Waals surface area (Å²) in [7, 11) is 4.26. The Morgan fingerprint density at radius 1 is 1.29 bits per heavy atom. The van der Waals surface area contributed by atoms with Crippen LogP contribution < -0.4 is 10.2 Å². The Morgan fingerprint density at radius 2 is 2.00 bits per heavy atom. The summed E-state index contributed by atoms with van der Waals surface area (Å²) in [4.78, 5) is 4.75. The van der Waals surface area contributed by atoms with E-state index in [4.69, 9.17) is 0 Å². The van der Waals surface area contributed by atoms with Crippen molar-refractivity contribution in [2.24, 2.45) is 0 Å². The van der Waals surface area contributed by atoms with Gasteiger partial charge in [0.25, 0.3) is 0 Å². The molecular weight excluding hydrogens is 210 g/mol. The summed E-state index contributed by atoms with van der Waals surface area (Å²) in [5.41, 5.74) is 1.34. The Morgan fingerprint density at radius 3 is 2.65 bits per heavy atom. The highest BCUT2D eigenvalue weighted by Gasteiger charge is 2.25. The van der Waals surface area contributed by atoms with Crippen LogP contribution in [0.5, 0.6) is 0 Å². The second-order valence-corrected chi connectivity index (χ2v) is 5.20. The van der Waals surface area contributed by atoms with Crippen LogP contribution in [0.2, 0.25) is 0 Å². The zero-order valence-electron chi connectivity index (χ0n) is 11.1. The number of hydrogen-bond donors (Lipinski definition) is 1. The Hall–Kier alpha value is -1.06. The molecule has 0 aliphatic carbocycles. The molecule has 1 aliphatic rings. The maximum absolute atomic E-state index is 3.62. The van der Waals surface area contributed by atoms with Gasteiger partial charge in [-0.25, -0.2) is 0 Å². The molecule has 2 atom stereocenters. The summed E-state index contributed by atoms with van der Waals surface area (Å²) in [6, 6.07) is 11.8. The second-order valence-electron chi connectivity index (χ2n) is 5.20. The first kappa shape index (κ1) is 12.4. The van der Waals surface area contributed by atoms with Crippen LogP contribution in [0.15, 0.2) is 30.3 Å². The minimum Gasteiger partial charge on any atom is -0.366 e. The summed E-state index contributed by atoms with van der Waals surface area (Å²) in [5.74, 6) is 0. The summed E-state index contributed by atoms with van der Waals surface area (Å²) >= 11 is 0. The largest absolute Gasteiger partial charge is 0.366 e. The molecule has 17 heavy (non-hydrogen) atoms. The van der Waals surface area contributed by atoms with Crippen molar-refractivity contribution in [3.05, 3.63) is 30.3 Å². The zero-order chi connectivity index (χ0) is 12.3. The molecule has 0 bridgehead atoms. The van der Waals surface area contributed by atoms with E-state index in [1.807, 2.05) is 0 Å². The van der Waals surface area contributed by atoms with E-state index < -0.39 is 0 Å². The molecule has 0 spiro atoms. The van der Waals surface area contributed by atoms with Gasteiger partial charge < -0.3 is 15.1 Å². The van der Waals surface area contributed by atoms with Crippen molar-refractivity contribution in [1.82, 2.24) is 10.2 Å². The smallest absolute Gasteiger partial charge is 0.0387 e. The number of nitrogens with zero attached hydrogens (tertiary/aromatic N) is 2. The third-order valence-corrected chi connectivity index (χ3v) is 3.32. The van der Waals surface area contributed by atoms with Crippen LogP contribution >= 0.6 is 0 Å². The van der Waals surface area contributed by atoms with Gasteiger partial charge in [-0.3, -0.25) is 0 Å². The number of hydrogen-bond acceptors (Lipinski definition) is 3. The molecule has 3 nitrogen and oxygen atoms in total. The summed E-state index contributed by atoms with van der Waals surface area (Å²) in [6.07, 6.45) is 0. The molecule has 0 amide bonds. The van der Waals surface area contributed by atoms with Crippen LogP contribution in [-0.4, -0.2) is 50.7 Å². The van der Waals surface area contributed by atoms with E-state index >= 15 is 0 Å². The molecule has 1 N–H and O–H groups in total. The second kappa shape index (κ2) is 5.52. The number of likely N-dealkylation sites (N-methyl/N-ethyl adjacent to an activating group) is 1. The molecule has 2 unspecified atom stereocenters. The van der Waals surface area contributed by atoms with Crippen LogP contribution in [-0.2, 0) is 0 Å². The minimum atomic E-state index is 0.557. The van der Waals surface area contributed by atoms with Crippen LogP contribution in [0.25, 0.3) is 0 Å². The van der Waals surface area contributed by atoms with E-state index in [1.165, 1.54) is 5.69 Å². The maximum Gasteiger partial charge on any atom is 0.0387 e. The molecule has 3 heteroatoms. The number of benzene rings is 1. The van der Waals surface area contributed by atoms with Crippen molar-refractivity contribution < 1.29 is 0 Å². The highest BCUT2D eigenvalue weighted by atomic mass is 15.2. The maximum atomic E-state index is 3.62. The van der Waals surface area contributed by atoms with Crippen molar-refractivity contribution in [3.8, 4) is 0 Å². The van der Waals surface area contributed by atoms with Gasteiger partial charge in [0.15, 0.2) is 0 Å². The highest BCUT2D eigenvalue weighted by Crippen LogP contribution is 2.19. The Balaban J connectivity index is 2.05.